The molecule has 3 heteroatoms. The molecule has 1 aromatic rings. The van der Waals surface area contributed by atoms with E-state index in [1.54, 1.807) is 0 Å². The van der Waals surface area contributed by atoms with Crippen molar-refractivity contribution >= 4 is 0 Å². The van der Waals surface area contributed by atoms with Crippen molar-refractivity contribution in [1.29, 1.82) is 0 Å². The van der Waals surface area contributed by atoms with Crippen molar-refractivity contribution in [1.82, 2.24) is 4.98 Å². The van der Waals surface area contributed by atoms with Gasteiger partial charge in [0.25, 0.3) is 0 Å². The fourth-order valence-electron chi connectivity index (χ4n) is 1.07. The van der Waals surface area contributed by atoms with Crippen LogP contribution >= 0.6 is 0 Å². The van der Waals surface area contributed by atoms with E-state index in [1.165, 1.54) is 12.3 Å². The van der Waals surface area contributed by atoms with Crippen molar-refractivity contribution in [3.8, 4) is 0 Å². The van der Waals surface area contributed by atoms with Gasteiger partial charge in [0.05, 0.1) is 0 Å². The van der Waals surface area contributed by atoms with Crippen LogP contribution in [0.15, 0.2) is 12.3 Å². The van der Waals surface area contributed by atoms with Gasteiger partial charge in [-0.15, -0.1) is 0 Å². The Kier molecular flexibility index (Phi) is 2.96. The first-order valence-electron chi connectivity index (χ1n) is 4.33. The summed E-state index contributed by atoms with van der Waals surface area (Å²) in [5.74, 6) is -1.31. The predicted molar refractivity (Wildman–Crippen MR) is 47.4 cm³/mol. The second kappa shape index (κ2) is 3.81. The smallest absolute Gasteiger partial charge is 0.225 e. The molecule has 1 heterocycles. The Labute approximate surface area is 76.8 Å². The molecule has 0 fully saturated rings. The third-order valence-corrected chi connectivity index (χ3v) is 2.34. The molecule has 0 saturated carbocycles. The van der Waals surface area contributed by atoms with Gasteiger partial charge in [0.1, 0.15) is 0 Å². The first kappa shape index (κ1) is 10.1. The quantitative estimate of drug-likeness (QED) is 0.645. The van der Waals surface area contributed by atoms with Crippen molar-refractivity contribution in [2.45, 2.75) is 26.7 Å². The molecule has 0 saturated heterocycles. The van der Waals surface area contributed by atoms with Gasteiger partial charge in [0.15, 0.2) is 5.82 Å². The van der Waals surface area contributed by atoms with Gasteiger partial charge in [0, 0.05) is 6.20 Å². The SMILES string of the molecule is CC(C)C(C)c1cnc(F)c(F)c1. The maximum Gasteiger partial charge on any atom is 0.248 e. The lowest BCUT2D eigenvalue weighted by Gasteiger charge is -2.15. The van der Waals surface area contributed by atoms with Crippen molar-refractivity contribution in [3.05, 3.63) is 29.6 Å². The molecule has 0 aliphatic heterocycles. The molecule has 1 unspecified atom stereocenters. The lowest BCUT2D eigenvalue weighted by Crippen LogP contribution is -2.04. The Morgan fingerprint density at radius 1 is 1.23 bits per heavy atom. The molecule has 0 aromatic carbocycles. The molecule has 1 nitrogen and oxygen atoms in total. The third-order valence-electron chi connectivity index (χ3n) is 2.34. The Morgan fingerprint density at radius 2 is 1.85 bits per heavy atom. The second-order valence-electron chi connectivity index (χ2n) is 3.57. The number of halogens is 2. The van der Waals surface area contributed by atoms with Crippen molar-refractivity contribution in [2.24, 2.45) is 5.92 Å². The minimum Gasteiger partial charge on any atom is -0.225 e. The van der Waals surface area contributed by atoms with Gasteiger partial charge in [-0.2, -0.15) is 4.39 Å². The monoisotopic (exact) mass is 185 g/mol. The summed E-state index contributed by atoms with van der Waals surface area (Å²) in [7, 11) is 0. The van der Waals surface area contributed by atoms with Gasteiger partial charge in [-0.25, -0.2) is 9.37 Å². The van der Waals surface area contributed by atoms with Crippen LogP contribution < -0.4 is 0 Å². The van der Waals surface area contributed by atoms with Crippen LogP contribution in [0.1, 0.15) is 32.3 Å². The number of aromatic nitrogens is 1. The zero-order chi connectivity index (χ0) is 10.0. The van der Waals surface area contributed by atoms with Crippen LogP contribution in [0.2, 0.25) is 0 Å². The van der Waals surface area contributed by atoms with E-state index >= 15 is 0 Å². The number of hydrogen-bond acceptors (Lipinski definition) is 1. The largest absolute Gasteiger partial charge is 0.248 e. The first-order valence-corrected chi connectivity index (χ1v) is 4.33. The summed E-state index contributed by atoms with van der Waals surface area (Å²) < 4.78 is 25.2. The van der Waals surface area contributed by atoms with Crippen LogP contribution in [-0.4, -0.2) is 4.98 Å². The second-order valence-corrected chi connectivity index (χ2v) is 3.57. The first-order chi connectivity index (χ1) is 6.02. The van der Waals surface area contributed by atoms with Gasteiger partial charge >= 0.3 is 0 Å². The molecule has 0 aliphatic rings. The molecular formula is C10H13F2N. The lowest BCUT2D eigenvalue weighted by atomic mass is 9.91. The average molecular weight is 185 g/mol. The Balaban J connectivity index is 2.97. The zero-order valence-electron chi connectivity index (χ0n) is 8.01. The van der Waals surface area contributed by atoms with Crippen LogP contribution in [0.4, 0.5) is 8.78 Å². The summed E-state index contributed by atoms with van der Waals surface area (Å²) in [5, 5.41) is 0. The van der Waals surface area contributed by atoms with Crippen LogP contribution in [0.5, 0.6) is 0 Å². The maximum atomic E-state index is 12.8. The summed E-state index contributed by atoms with van der Waals surface area (Å²) in [6.45, 7) is 6.04. The topological polar surface area (TPSA) is 12.9 Å². The highest BCUT2D eigenvalue weighted by atomic mass is 19.2. The zero-order valence-corrected chi connectivity index (χ0v) is 8.01. The molecule has 1 atom stereocenters. The summed E-state index contributed by atoms with van der Waals surface area (Å²) in [5.41, 5.74) is 0.744. The van der Waals surface area contributed by atoms with Crippen LogP contribution in [-0.2, 0) is 0 Å². The van der Waals surface area contributed by atoms with E-state index < -0.39 is 11.8 Å². The number of pyridine rings is 1. The number of hydrogen-bond donors (Lipinski definition) is 0. The molecule has 72 valence electrons. The van der Waals surface area contributed by atoms with Crippen molar-refractivity contribution in [3.63, 3.8) is 0 Å². The summed E-state index contributed by atoms with van der Waals surface area (Å²) >= 11 is 0. The molecule has 13 heavy (non-hydrogen) atoms. The van der Waals surface area contributed by atoms with E-state index in [1.807, 2.05) is 20.8 Å². The third kappa shape index (κ3) is 2.23. The molecule has 1 rings (SSSR count). The van der Waals surface area contributed by atoms with E-state index in [4.69, 9.17) is 0 Å². The van der Waals surface area contributed by atoms with E-state index in [2.05, 4.69) is 4.98 Å². The molecular weight excluding hydrogens is 172 g/mol. The molecule has 0 N–H and O–H groups in total. The van der Waals surface area contributed by atoms with Crippen molar-refractivity contribution < 1.29 is 8.78 Å². The molecule has 0 amide bonds. The van der Waals surface area contributed by atoms with Gasteiger partial charge in [-0.3, -0.25) is 0 Å². The highest BCUT2D eigenvalue weighted by Crippen LogP contribution is 2.23. The minimum atomic E-state index is -1.03. The maximum absolute atomic E-state index is 12.8. The summed E-state index contributed by atoms with van der Waals surface area (Å²) in [4.78, 5) is 3.34. The molecule has 0 spiro atoms. The molecule has 0 aliphatic carbocycles. The van der Waals surface area contributed by atoms with Crippen LogP contribution in [0.3, 0.4) is 0 Å². The minimum absolute atomic E-state index is 0.197. The fraction of sp³-hybridized carbons (Fsp3) is 0.500. The predicted octanol–water partition coefficient (Wildman–Crippen LogP) is 3.12. The van der Waals surface area contributed by atoms with Crippen LogP contribution in [0.25, 0.3) is 0 Å². The molecule has 1 aromatic heterocycles. The lowest BCUT2D eigenvalue weighted by molar-refractivity contribution is 0.468. The summed E-state index contributed by atoms with van der Waals surface area (Å²) in [6.07, 6.45) is 1.39. The summed E-state index contributed by atoms with van der Waals surface area (Å²) in [6, 6.07) is 1.22. The Hall–Kier alpha value is -0.990. The van der Waals surface area contributed by atoms with E-state index in [-0.39, 0.29) is 5.92 Å². The van der Waals surface area contributed by atoms with Gasteiger partial charge in [0.2, 0.25) is 5.95 Å². The average Bonchev–Trinajstić information content (AvgIpc) is 2.08. The van der Waals surface area contributed by atoms with Crippen LogP contribution in [0, 0.1) is 17.7 Å². The highest BCUT2D eigenvalue weighted by Gasteiger charge is 2.12. The van der Waals surface area contributed by atoms with Gasteiger partial charge < -0.3 is 0 Å². The molecule has 0 bridgehead atoms. The Bertz CT molecular complexity index is 297. The van der Waals surface area contributed by atoms with E-state index in [0.29, 0.717) is 5.92 Å². The fourth-order valence-corrected chi connectivity index (χ4v) is 1.07. The van der Waals surface area contributed by atoms with Gasteiger partial charge in [-0.05, 0) is 23.5 Å². The standard InChI is InChI=1S/C10H13F2N/c1-6(2)7(3)8-4-9(11)10(12)13-5-8/h4-7H,1-3H3. The normalized spacial score (nSPS) is 13.4. The van der Waals surface area contributed by atoms with Gasteiger partial charge in [-0.1, -0.05) is 20.8 Å². The number of nitrogens with zero attached hydrogens (tertiary/aromatic N) is 1. The van der Waals surface area contributed by atoms with Crippen molar-refractivity contribution in [2.75, 3.05) is 0 Å². The highest BCUT2D eigenvalue weighted by molar-refractivity contribution is 5.16. The Morgan fingerprint density at radius 3 is 2.31 bits per heavy atom. The van der Waals surface area contributed by atoms with E-state index in [9.17, 15) is 8.78 Å². The number of rotatable bonds is 2. The van der Waals surface area contributed by atoms with E-state index in [0.717, 1.165) is 5.56 Å². The molecule has 0 radical (unpaired) electrons.